The second-order valence-corrected chi connectivity index (χ2v) is 13.6. The Morgan fingerprint density at radius 1 is 1.13 bits per heavy atom. The van der Waals surface area contributed by atoms with Gasteiger partial charge in [-0.25, -0.2) is 0 Å². The lowest BCUT2D eigenvalue weighted by atomic mass is 9.43. The predicted octanol–water partition coefficient (Wildman–Crippen LogP) is 5.58. The fourth-order valence-corrected chi connectivity index (χ4v) is 9.84. The summed E-state index contributed by atoms with van der Waals surface area (Å²) in [7, 11) is 0. The van der Waals surface area contributed by atoms with Crippen molar-refractivity contribution in [2.75, 3.05) is 0 Å². The summed E-state index contributed by atoms with van der Waals surface area (Å²) in [6.45, 7) is 6.92. The first-order valence-electron chi connectivity index (χ1n) is 14.9. The van der Waals surface area contributed by atoms with Crippen molar-refractivity contribution in [1.82, 2.24) is 0 Å². The number of rotatable bonds is 8. The van der Waals surface area contributed by atoms with Crippen LogP contribution in [0.1, 0.15) is 84.1 Å². The molecule has 0 saturated heterocycles. The Morgan fingerprint density at radius 3 is 2.59 bits per heavy atom. The van der Waals surface area contributed by atoms with E-state index in [-0.39, 0.29) is 76.1 Å². The lowest BCUT2D eigenvalue weighted by Gasteiger charge is -2.63. The molecule has 0 amide bonds. The molecular weight excluding hydrogens is 498 g/mol. The Hall–Kier alpha value is -2.03. The van der Waals surface area contributed by atoms with Gasteiger partial charge in [0.2, 0.25) is 0 Å². The highest BCUT2D eigenvalue weighted by Gasteiger charge is 2.65. The van der Waals surface area contributed by atoms with Crippen LogP contribution in [-0.2, 0) is 16.1 Å². The molecule has 8 heteroatoms. The van der Waals surface area contributed by atoms with E-state index in [1.165, 1.54) is 6.07 Å². The fraction of sp³-hybridized carbons (Fsp3) is 0.774. The molecule has 4 aliphatic carbocycles. The number of aliphatic hydroxyl groups excluding tert-OH is 2. The van der Waals surface area contributed by atoms with Gasteiger partial charge in [-0.3, -0.25) is 14.9 Å². The number of ether oxygens (including phenoxy) is 1. The maximum Gasteiger partial charge on any atom is 0.303 e. The minimum atomic E-state index is -0.769. The number of fused-ring (bicyclic) bond motifs is 5. The summed E-state index contributed by atoms with van der Waals surface area (Å²) < 4.78 is 6.23. The molecule has 0 aliphatic heterocycles. The standard InChI is InChI=1S/C31H45NO7/c1-18(8-11-28(35)36)22-9-10-23-29-24(16-27(34)31(22,23)3)30(2)13-12-21(14-20(30)15-26(29)33)39-17-19-6-4-5-7-25(19)32(37)38/h4-7,18,20-24,26-27,29,33-34H,8-17H2,1-3H3,(H,35,36)/t18-,20+,21-,22-,23+,24+,26-,27+,29+,30+,31-/m1/s1. The SMILES string of the molecule is C[C@H](CCC(=O)O)[C@H]1CC[C@H]2[C@@H]3[C@H](O)C[C@@H]4C[C@H](OCc5ccccc5[N+](=O)[O-])CC[C@]4(C)[C@H]3C[C@H](O)[C@]12C. The van der Waals surface area contributed by atoms with Crippen LogP contribution >= 0.6 is 0 Å². The number of hydrogen-bond donors (Lipinski definition) is 3. The smallest absolute Gasteiger partial charge is 0.303 e. The van der Waals surface area contributed by atoms with Gasteiger partial charge in [0, 0.05) is 12.5 Å². The zero-order valence-electron chi connectivity index (χ0n) is 23.5. The maximum absolute atomic E-state index is 11.7. The number of carboxylic acids is 1. The first kappa shape index (κ1) is 28.5. The predicted molar refractivity (Wildman–Crippen MR) is 146 cm³/mol. The molecule has 0 unspecified atom stereocenters. The van der Waals surface area contributed by atoms with E-state index in [1.807, 2.05) is 0 Å². The molecule has 1 aromatic rings. The normalized spacial score (nSPS) is 42.2. The Balaban J connectivity index is 1.29. The third-order valence-corrected chi connectivity index (χ3v) is 12.0. The van der Waals surface area contributed by atoms with Crippen molar-refractivity contribution < 1.29 is 29.8 Å². The minimum absolute atomic E-state index is 0.00337. The van der Waals surface area contributed by atoms with E-state index in [9.17, 15) is 30.2 Å². The van der Waals surface area contributed by atoms with Crippen molar-refractivity contribution in [3.05, 3.63) is 39.9 Å². The van der Waals surface area contributed by atoms with E-state index in [2.05, 4.69) is 20.8 Å². The Labute approximate surface area is 231 Å². The van der Waals surface area contributed by atoms with Crippen molar-refractivity contribution in [2.45, 2.75) is 103 Å². The van der Waals surface area contributed by atoms with Gasteiger partial charge >= 0.3 is 5.97 Å². The van der Waals surface area contributed by atoms with Crippen LogP contribution < -0.4 is 0 Å². The van der Waals surface area contributed by atoms with Crippen molar-refractivity contribution in [3.8, 4) is 0 Å². The number of aliphatic hydroxyl groups is 2. The van der Waals surface area contributed by atoms with E-state index in [4.69, 9.17) is 4.74 Å². The molecule has 4 fully saturated rings. The lowest BCUT2D eigenvalue weighted by Crippen LogP contribution is -2.62. The molecule has 39 heavy (non-hydrogen) atoms. The highest BCUT2D eigenvalue weighted by atomic mass is 16.6. The highest BCUT2D eigenvalue weighted by molar-refractivity contribution is 5.66. The number of hydrogen-bond acceptors (Lipinski definition) is 6. The molecule has 4 saturated carbocycles. The molecule has 5 rings (SSSR count). The van der Waals surface area contributed by atoms with Gasteiger partial charge in [0.05, 0.1) is 35.4 Å². The van der Waals surface area contributed by atoms with Crippen LogP contribution in [0, 0.1) is 56.5 Å². The summed E-state index contributed by atoms with van der Waals surface area (Å²) in [5, 5.41) is 43.9. The Kier molecular flexibility index (Phi) is 7.85. The largest absolute Gasteiger partial charge is 0.481 e. The van der Waals surface area contributed by atoms with Gasteiger partial charge in [-0.05, 0) is 104 Å². The number of nitrogens with zero attached hydrogens (tertiary/aromatic N) is 1. The van der Waals surface area contributed by atoms with Gasteiger partial charge in [0.15, 0.2) is 0 Å². The number of benzene rings is 1. The monoisotopic (exact) mass is 543 g/mol. The Bertz CT molecular complexity index is 1080. The summed E-state index contributed by atoms with van der Waals surface area (Å²) in [6, 6.07) is 6.72. The van der Waals surface area contributed by atoms with E-state index < -0.39 is 18.2 Å². The van der Waals surface area contributed by atoms with Crippen molar-refractivity contribution in [1.29, 1.82) is 0 Å². The van der Waals surface area contributed by atoms with Crippen LogP contribution in [0.15, 0.2) is 24.3 Å². The third kappa shape index (κ3) is 4.91. The minimum Gasteiger partial charge on any atom is -0.481 e. The number of nitro groups is 1. The number of para-hydroxylation sites is 1. The molecule has 0 heterocycles. The zero-order valence-corrected chi connectivity index (χ0v) is 23.5. The summed E-state index contributed by atoms with van der Waals surface area (Å²) >= 11 is 0. The van der Waals surface area contributed by atoms with Gasteiger partial charge in [0.1, 0.15) is 0 Å². The molecule has 3 N–H and O–H groups in total. The summed E-state index contributed by atoms with van der Waals surface area (Å²) in [6.07, 6.45) is 5.93. The third-order valence-electron chi connectivity index (χ3n) is 12.0. The average molecular weight is 544 g/mol. The van der Waals surface area contributed by atoms with E-state index in [1.54, 1.807) is 18.2 Å². The molecule has 0 spiro atoms. The van der Waals surface area contributed by atoms with Gasteiger partial charge in [-0.15, -0.1) is 0 Å². The fourth-order valence-electron chi connectivity index (χ4n) is 9.84. The summed E-state index contributed by atoms with van der Waals surface area (Å²) in [4.78, 5) is 22.2. The molecule has 0 bridgehead atoms. The second kappa shape index (κ2) is 10.7. The van der Waals surface area contributed by atoms with Crippen LogP contribution in [0.4, 0.5) is 5.69 Å². The molecule has 4 aliphatic rings. The number of carbonyl (C=O) groups is 1. The first-order valence-corrected chi connectivity index (χ1v) is 14.9. The van der Waals surface area contributed by atoms with Crippen LogP contribution in [0.3, 0.4) is 0 Å². The van der Waals surface area contributed by atoms with Crippen LogP contribution in [-0.4, -0.2) is 44.5 Å². The molecule has 1 aromatic carbocycles. The van der Waals surface area contributed by atoms with Crippen LogP contribution in [0.25, 0.3) is 0 Å². The molecule has 0 radical (unpaired) electrons. The number of carboxylic acid groups (broad SMARTS) is 1. The molecule has 216 valence electrons. The zero-order chi connectivity index (χ0) is 28.1. The van der Waals surface area contributed by atoms with Crippen molar-refractivity contribution >= 4 is 11.7 Å². The first-order chi connectivity index (χ1) is 18.5. The molecule has 11 atom stereocenters. The van der Waals surface area contributed by atoms with Gasteiger partial charge in [-0.2, -0.15) is 0 Å². The van der Waals surface area contributed by atoms with E-state index in [0.717, 1.165) is 38.5 Å². The van der Waals surface area contributed by atoms with Gasteiger partial charge < -0.3 is 20.1 Å². The van der Waals surface area contributed by atoms with Gasteiger partial charge in [0.25, 0.3) is 5.69 Å². The maximum atomic E-state index is 11.7. The van der Waals surface area contributed by atoms with Gasteiger partial charge in [-0.1, -0.05) is 32.9 Å². The Morgan fingerprint density at radius 2 is 1.87 bits per heavy atom. The lowest BCUT2D eigenvalue weighted by molar-refractivity contribution is -0.386. The van der Waals surface area contributed by atoms with Crippen molar-refractivity contribution in [2.24, 2.45) is 46.3 Å². The topological polar surface area (TPSA) is 130 Å². The van der Waals surface area contributed by atoms with Crippen molar-refractivity contribution in [3.63, 3.8) is 0 Å². The highest BCUT2D eigenvalue weighted by Crippen LogP contribution is 2.68. The van der Waals surface area contributed by atoms with E-state index in [0.29, 0.717) is 18.4 Å². The van der Waals surface area contributed by atoms with E-state index >= 15 is 0 Å². The quantitative estimate of drug-likeness (QED) is 0.288. The number of nitro benzene ring substituents is 1. The molecular formula is C31H45NO7. The summed E-state index contributed by atoms with van der Waals surface area (Å²) in [5.41, 5.74) is 0.384. The average Bonchev–Trinajstić information content (AvgIpc) is 3.25. The molecule has 8 nitrogen and oxygen atoms in total. The number of aliphatic carboxylic acids is 1. The van der Waals surface area contributed by atoms with Crippen LogP contribution in [0.2, 0.25) is 0 Å². The second-order valence-electron chi connectivity index (χ2n) is 13.6. The molecule has 0 aromatic heterocycles. The summed E-state index contributed by atoms with van der Waals surface area (Å²) in [5.74, 6) is 0.630. The van der Waals surface area contributed by atoms with Crippen LogP contribution in [0.5, 0.6) is 0 Å².